The molecule has 0 amide bonds. The fourth-order valence-corrected chi connectivity index (χ4v) is 3.38. The zero-order valence-corrected chi connectivity index (χ0v) is 13.7. The van der Waals surface area contributed by atoms with Crippen molar-refractivity contribution in [3.63, 3.8) is 0 Å². The lowest BCUT2D eigenvalue weighted by Gasteiger charge is -2.06. The third-order valence-corrected chi connectivity index (χ3v) is 5.12. The number of aryl methyl sites for hydroxylation is 1. The standard InChI is InChI=1S/C14H27N3O2S/c1-4-5-6-7-8-9-10-11-16-20(18,19)14-12-15-17(3)13(14)2/h12,16H,4-11H2,1-3H3. The van der Waals surface area contributed by atoms with Crippen molar-refractivity contribution in [2.24, 2.45) is 7.05 Å². The van der Waals surface area contributed by atoms with Crippen molar-refractivity contribution < 1.29 is 8.42 Å². The second-order valence-corrected chi connectivity index (χ2v) is 6.97. The molecule has 1 heterocycles. The first-order valence-electron chi connectivity index (χ1n) is 7.47. The van der Waals surface area contributed by atoms with Gasteiger partial charge in [0, 0.05) is 13.6 Å². The van der Waals surface area contributed by atoms with Crippen LogP contribution in [0.2, 0.25) is 0 Å². The maximum absolute atomic E-state index is 12.1. The van der Waals surface area contributed by atoms with Crippen LogP contribution in [0.1, 0.15) is 57.6 Å². The number of aromatic nitrogens is 2. The van der Waals surface area contributed by atoms with Gasteiger partial charge in [0.15, 0.2) is 0 Å². The predicted molar refractivity (Wildman–Crippen MR) is 81.1 cm³/mol. The molecule has 6 heteroatoms. The molecule has 0 aliphatic carbocycles. The Morgan fingerprint density at radius 2 is 1.75 bits per heavy atom. The zero-order chi connectivity index (χ0) is 15.0. The minimum Gasteiger partial charge on any atom is -0.272 e. The van der Waals surface area contributed by atoms with Gasteiger partial charge in [-0.1, -0.05) is 45.4 Å². The first kappa shape index (κ1) is 17.2. The molecule has 0 saturated carbocycles. The van der Waals surface area contributed by atoms with Crippen LogP contribution in [-0.2, 0) is 17.1 Å². The molecule has 0 aliphatic rings. The molecule has 0 atom stereocenters. The second kappa shape index (κ2) is 8.42. The van der Waals surface area contributed by atoms with Gasteiger partial charge in [0.25, 0.3) is 0 Å². The van der Waals surface area contributed by atoms with Crippen molar-refractivity contribution >= 4 is 10.0 Å². The molecule has 0 bridgehead atoms. The van der Waals surface area contributed by atoms with Gasteiger partial charge in [-0.2, -0.15) is 5.10 Å². The summed E-state index contributed by atoms with van der Waals surface area (Å²) in [7, 11) is -1.66. The van der Waals surface area contributed by atoms with Gasteiger partial charge < -0.3 is 0 Å². The van der Waals surface area contributed by atoms with E-state index in [2.05, 4.69) is 16.7 Å². The smallest absolute Gasteiger partial charge is 0.243 e. The summed E-state index contributed by atoms with van der Waals surface area (Å²) in [4.78, 5) is 0.281. The average molecular weight is 301 g/mol. The molecular weight excluding hydrogens is 274 g/mol. The van der Waals surface area contributed by atoms with Crippen LogP contribution in [0.3, 0.4) is 0 Å². The van der Waals surface area contributed by atoms with E-state index >= 15 is 0 Å². The number of unbranched alkanes of at least 4 members (excludes halogenated alkanes) is 6. The average Bonchev–Trinajstić information content (AvgIpc) is 2.74. The highest BCUT2D eigenvalue weighted by Crippen LogP contribution is 2.13. The van der Waals surface area contributed by atoms with Crippen LogP contribution in [0, 0.1) is 6.92 Å². The van der Waals surface area contributed by atoms with Gasteiger partial charge in [-0.05, 0) is 13.3 Å². The Bertz CT molecular complexity index is 495. The van der Waals surface area contributed by atoms with Gasteiger partial charge in [0.2, 0.25) is 10.0 Å². The summed E-state index contributed by atoms with van der Waals surface area (Å²) in [6.45, 7) is 4.47. The molecule has 0 aliphatic heterocycles. The lowest BCUT2D eigenvalue weighted by atomic mass is 10.1. The van der Waals surface area contributed by atoms with Crippen LogP contribution in [0.4, 0.5) is 0 Å². The maximum Gasteiger partial charge on any atom is 0.243 e. The third-order valence-electron chi connectivity index (χ3n) is 3.55. The van der Waals surface area contributed by atoms with E-state index in [0.717, 1.165) is 12.8 Å². The SMILES string of the molecule is CCCCCCCCCNS(=O)(=O)c1cnn(C)c1C. The highest BCUT2D eigenvalue weighted by atomic mass is 32.2. The highest BCUT2D eigenvalue weighted by molar-refractivity contribution is 7.89. The van der Waals surface area contributed by atoms with Crippen molar-refractivity contribution in [3.8, 4) is 0 Å². The normalized spacial score (nSPS) is 11.9. The molecule has 20 heavy (non-hydrogen) atoms. The van der Waals surface area contributed by atoms with Crippen LogP contribution in [0.5, 0.6) is 0 Å². The molecule has 5 nitrogen and oxygen atoms in total. The Labute approximate surface area is 122 Å². The Morgan fingerprint density at radius 1 is 1.15 bits per heavy atom. The Morgan fingerprint density at radius 3 is 2.30 bits per heavy atom. The number of nitrogens with one attached hydrogen (secondary N) is 1. The van der Waals surface area contributed by atoms with Gasteiger partial charge in [-0.15, -0.1) is 0 Å². The lowest BCUT2D eigenvalue weighted by Crippen LogP contribution is -2.25. The summed E-state index contributed by atoms with van der Waals surface area (Å²) in [5.41, 5.74) is 0.664. The molecule has 0 saturated heterocycles. The van der Waals surface area contributed by atoms with Crippen LogP contribution in [0.15, 0.2) is 11.1 Å². The predicted octanol–water partition coefficient (Wildman–Crippen LogP) is 2.76. The van der Waals surface area contributed by atoms with Gasteiger partial charge in [0.1, 0.15) is 4.90 Å². The monoisotopic (exact) mass is 301 g/mol. The molecule has 0 fully saturated rings. The van der Waals surface area contributed by atoms with Crippen molar-refractivity contribution in [1.82, 2.24) is 14.5 Å². The lowest BCUT2D eigenvalue weighted by molar-refractivity contribution is 0.563. The third kappa shape index (κ3) is 5.25. The molecule has 1 aromatic heterocycles. The summed E-state index contributed by atoms with van der Waals surface area (Å²) in [5.74, 6) is 0. The number of hydrogen-bond donors (Lipinski definition) is 1. The molecule has 1 N–H and O–H groups in total. The fourth-order valence-electron chi connectivity index (χ4n) is 2.11. The van der Waals surface area contributed by atoms with E-state index in [4.69, 9.17) is 0 Å². The van der Waals surface area contributed by atoms with Crippen LogP contribution in [-0.4, -0.2) is 24.7 Å². The summed E-state index contributed by atoms with van der Waals surface area (Å²) in [5, 5.41) is 3.97. The van der Waals surface area contributed by atoms with Gasteiger partial charge in [0.05, 0.1) is 11.9 Å². The summed E-state index contributed by atoms with van der Waals surface area (Å²) < 4.78 is 28.4. The minimum atomic E-state index is -3.40. The molecule has 0 unspecified atom stereocenters. The van der Waals surface area contributed by atoms with Crippen molar-refractivity contribution in [2.45, 2.75) is 63.7 Å². The summed E-state index contributed by atoms with van der Waals surface area (Å²) in [6, 6.07) is 0. The van der Waals surface area contributed by atoms with Crippen molar-refractivity contribution in [2.75, 3.05) is 6.54 Å². The zero-order valence-electron chi connectivity index (χ0n) is 12.9. The second-order valence-electron chi connectivity index (χ2n) is 5.24. The Balaban J connectivity index is 2.26. The van der Waals surface area contributed by atoms with E-state index in [1.807, 2.05) is 0 Å². The van der Waals surface area contributed by atoms with Crippen LogP contribution < -0.4 is 4.72 Å². The minimum absolute atomic E-state index is 0.281. The van der Waals surface area contributed by atoms with Gasteiger partial charge in [-0.3, -0.25) is 4.68 Å². The quantitative estimate of drug-likeness (QED) is 0.676. The van der Waals surface area contributed by atoms with E-state index < -0.39 is 10.0 Å². The molecule has 0 radical (unpaired) electrons. The molecule has 116 valence electrons. The number of nitrogens with zero attached hydrogens (tertiary/aromatic N) is 2. The first-order valence-corrected chi connectivity index (χ1v) is 8.95. The summed E-state index contributed by atoms with van der Waals surface area (Å²) >= 11 is 0. The summed E-state index contributed by atoms with van der Waals surface area (Å²) in [6.07, 6.45) is 9.66. The Kier molecular flexibility index (Phi) is 7.23. The number of rotatable bonds is 10. The number of sulfonamides is 1. The Hall–Kier alpha value is -0.880. The fraction of sp³-hybridized carbons (Fsp3) is 0.786. The molecular formula is C14H27N3O2S. The first-order chi connectivity index (χ1) is 9.49. The molecule has 1 aromatic rings. The topological polar surface area (TPSA) is 64.0 Å². The van der Waals surface area contributed by atoms with E-state index in [-0.39, 0.29) is 4.90 Å². The molecule has 1 rings (SSSR count). The molecule has 0 spiro atoms. The number of hydrogen-bond acceptors (Lipinski definition) is 3. The van der Waals surface area contributed by atoms with Gasteiger partial charge in [-0.25, -0.2) is 13.1 Å². The van der Waals surface area contributed by atoms with E-state index in [0.29, 0.717) is 12.2 Å². The van der Waals surface area contributed by atoms with Crippen LogP contribution >= 0.6 is 0 Å². The van der Waals surface area contributed by atoms with Crippen molar-refractivity contribution in [1.29, 1.82) is 0 Å². The van der Waals surface area contributed by atoms with Crippen LogP contribution in [0.25, 0.3) is 0 Å². The van der Waals surface area contributed by atoms with Crippen molar-refractivity contribution in [3.05, 3.63) is 11.9 Å². The largest absolute Gasteiger partial charge is 0.272 e. The van der Waals surface area contributed by atoms with E-state index in [1.54, 1.807) is 18.7 Å². The van der Waals surface area contributed by atoms with E-state index in [9.17, 15) is 8.42 Å². The maximum atomic E-state index is 12.1. The molecule has 0 aromatic carbocycles. The van der Waals surface area contributed by atoms with E-state index in [1.165, 1.54) is 38.3 Å². The van der Waals surface area contributed by atoms with Gasteiger partial charge >= 0.3 is 0 Å². The highest BCUT2D eigenvalue weighted by Gasteiger charge is 2.18.